The number of rotatable bonds is 5. The Morgan fingerprint density at radius 3 is 2.70 bits per heavy atom. The summed E-state index contributed by atoms with van der Waals surface area (Å²) in [5.41, 5.74) is 0.197. The van der Waals surface area contributed by atoms with Crippen LogP contribution in [-0.4, -0.2) is 59.8 Å². The van der Waals surface area contributed by atoms with E-state index in [4.69, 9.17) is 4.74 Å². The van der Waals surface area contributed by atoms with Crippen LogP contribution in [0.15, 0.2) is 36.4 Å². The number of amides is 2. The van der Waals surface area contributed by atoms with Gasteiger partial charge in [0.15, 0.2) is 0 Å². The number of aliphatic hydroxyl groups is 1. The molecule has 7 heteroatoms. The van der Waals surface area contributed by atoms with E-state index in [-0.39, 0.29) is 24.5 Å². The zero-order valence-electron chi connectivity index (χ0n) is 15.1. The van der Waals surface area contributed by atoms with Crippen molar-refractivity contribution in [1.82, 2.24) is 10.2 Å². The standard InChI is InChI=1S/C20H25FN2O4/c21-15-6-4-5-14(11-15)20(26)22-17-8-7-16(27-18(17)13-24)12-19(25)23-9-2-1-3-10-23/h4-8,11,16-18,24H,1-3,9-10,12-13H2,(H,22,26)/t16-,17+,18+/m1/s1. The van der Waals surface area contributed by atoms with Gasteiger partial charge in [-0.3, -0.25) is 9.59 Å². The lowest BCUT2D eigenvalue weighted by atomic mass is 10.0. The number of ether oxygens (including phenoxy) is 1. The molecule has 146 valence electrons. The van der Waals surface area contributed by atoms with Crippen LogP contribution >= 0.6 is 0 Å². The van der Waals surface area contributed by atoms with Crippen molar-refractivity contribution in [2.24, 2.45) is 0 Å². The van der Waals surface area contributed by atoms with Crippen LogP contribution < -0.4 is 5.32 Å². The summed E-state index contributed by atoms with van der Waals surface area (Å²) in [6, 6.07) is 4.84. The molecular weight excluding hydrogens is 351 g/mol. The number of aliphatic hydroxyl groups excluding tert-OH is 1. The van der Waals surface area contributed by atoms with Crippen molar-refractivity contribution in [2.75, 3.05) is 19.7 Å². The molecule has 3 rings (SSSR count). The predicted octanol–water partition coefficient (Wildman–Crippen LogP) is 1.64. The molecular formula is C20H25FN2O4. The molecule has 6 nitrogen and oxygen atoms in total. The molecule has 2 heterocycles. The predicted molar refractivity (Wildman–Crippen MR) is 97.6 cm³/mol. The van der Waals surface area contributed by atoms with Crippen LogP contribution in [0.5, 0.6) is 0 Å². The molecule has 0 aromatic heterocycles. The minimum atomic E-state index is -0.660. The molecule has 2 aliphatic rings. The quantitative estimate of drug-likeness (QED) is 0.766. The summed E-state index contributed by atoms with van der Waals surface area (Å²) in [4.78, 5) is 26.5. The van der Waals surface area contributed by atoms with Gasteiger partial charge in [-0.25, -0.2) is 4.39 Å². The van der Waals surface area contributed by atoms with Gasteiger partial charge in [-0.05, 0) is 37.5 Å². The third-order valence-electron chi connectivity index (χ3n) is 4.93. The Kier molecular flexibility index (Phi) is 6.58. The first-order chi connectivity index (χ1) is 13.1. The number of nitrogens with one attached hydrogen (secondary N) is 1. The Labute approximate surface area is 158 Å². The third kappa shape index (κ3) is 5.14. The van der Waals surface area contributed by atoms with E-state index in [0.717, 1.165) is 38.4 Å². The van der Waals surface area contributed by atoms with E-state index in [9.17, 15) is 19.1 Å². The number of carbonyl (C=O) groups is 2. The number of piperidine rings is 1. The Hall–Kier alpha value is -2.25. The molecule has 1 saturated heterocycles. The second-order valence-corrected chi connectivity index (χ2v) is 6.94. The molecule has 27 heavy (non-hydrogen) atoms. The van der Waals surface area contributed by atoms with Crippen molar-refractivity contribution in [3.05, 3.63) is 47.8 Å². The number of hydrogen-bond donors (Lipinski definition) is 2. The van der Waals surface area contributed by atoms with E-state index in [2.05, 4.69) is 5.32 Å². The van der Waals surface area contributed by atoms with Crippen LogP contribution in [0.2, 0.25) is 0 Å². The van der Waals surface area contributed by atoms with Gasteiger partial charge in [0.1, 0.15) is 11.9 Å². The molecule has 2 amide bonds. The molecule has 0 radical (unpaired) electrons. The maximum Gasteiger partial charge on any atom is 0.251 e. The summed E-state index contributed by atoms with van der Waals surface area (Å²) < 4.78 is 19.1. The average Bonchev–Trinajstić information content (AvgIpc) is 2.69. The van der Waals surface area contributed by atoms with Gasteiger partial charge in [0.2, 0.25) is 5.91 Å². The zero-order chi connectivity index (χ0) is 19.2. The molecule has 0 unspecified atom stereocenters. The van der Waals surface area contributed by atoms with Crippen LogP contribution in [0.3, 0.4) is 0 Å². The summed E-state index contributed by atoms with van der Waals surface area (Å²) in [5.74, 6) is -0.898. The van der Waals surface area contributed by atoms with E-state index in [1.807, 2.05) is 4.90 Å². The average molecular weight is 376 g/mol. The minimum absolute atomic E-state index is 0.0447. The topological polar surface area (TPSA) is 78.9 Å². The van der Waals surface area contributed by atoms with Crippen LogP contribution in [0.4, 0.5) is 4.39 Å². The number of hydrogen-bond acceptors (Lipinski definition) is 4. The molecule has 2 N–H and O–H groups in total. The van der Waals surface area contributed by atoms with E-state index < -0.39 is 30.0 Å². The lowest BCUT2D eigenvalue weighted by Crippen LogP contribution is -2.49. The van der Waals surface area contributed by atoms with Crippen LogP contribution in [-0.2, 0) is 9.53 Å². The summed E-state index contributed by atoms with van der Waals surface area (Å²) in [7, 11) is 0. The summed E-state index contributed by atoms with van der Waals surface area (Å²) in [6.07, 6.45) is 5.81. The van der Waals surface area contributed by atoms with Crippen LogP contribution in [0.25, 0.3) is 0 Å². The molecule has 1 fully saturated rings. The molecule has 0 bridgehead atoms. The minimum Gasteiger partial charge on any atom is -0.394 e. The molecule has 0 spiro atoms. The van der Waals surface area contributed by atoms with Crippen LogP contribution in [0.1, 0.15) is 36.0 Å². The summed E-state index contributed by atoms with van der Waals surface area (Å²) >= 11 is 0. The van der Waals surface area contributed by atoms with E-state index >= 15 is 0 Å². The van der Waals surface area contributed by atoms with Crippen LogP contribution in [0, 0.1) is 5.82 Å². The van der Waals surface area contributed by atoms with Crippen molar-refractivity contribution >= 4 is 11.8 Å². The van der Waals surface area contributed by atoms with Gasteiger partial charge >= 0.3 is 0 Å². The Balaban J connectivity index is 1.59. The van der Waals surface area contributed by atoms with Gasteiger partial charge in [0.25, 0.3) is 5.91 Å². The van der Waals surface area contributed by atoms with Crippen molar-refractivity contribution in [2.45, 2.75) is 43.9 Å². The normalized spacial score (nSPS) is 25.3. The number of carbonyl (C=O) groups excluding carboxylic acids is 2. The largest absolute Gasteiger partial charge is 0.394 e. The van der Waals surface area contributed by atoms with Crippen molar-refractivity contribution in [3.63, 3.8) is 0 Å². The molecule has 1 aromatic carbocycles. The number of likely N-dealkylation sites (tertiary alicyclic amines) is 1. The highest BCUT2D eigenvalue weighted by molar-refractivity contribution is 5.94. The Morgan fingerprint density at radius 2 is 2.00 bits per heavy atom. The molecule has 0 aliphatic carbocycles. The highest BCUT2D eigenvalue weighted by atomic mass is 19.1. The van der Waals surface area contributed by atoms with Gasteiger partial charge < -0.3 is 20.1 Å². The van der Waals surface area contributed by atoms with Gasteiger partial charge in [-0.1, -0.05) is 18.2 Å². The lowest BCUT2D eigenvalue weighted by Gasteiger charge is -2.33. The fraction of sp³-hybridized carbons (Fsp3) is 0.500. The highest BCUT2D eigenvalue weighted by Gasteiger charge is 2.30. The van der Waals surface area contributed by atoms with Gasteiger partial charge in [0, 0.05) is 18.7 Å². The lowest BCUT2D eigenvalue weighted by molar-refractivity contribution is -0.136. The van der Waals surface area contributed by atoms with Gasteiger partial charge in [0.05, 0.1) is 25.2 Å². The molecule has 0 saturated carbocycles. The first-order valence-corrected chi connectivity index (χ1v) is 9.35. The monoisotopic (exact) mass is 376 g/mol. The van der Waals surface area contributed by atoms with E-state index in [0.29, 0.717) is 0 Å². The first-order valence-electron chi connectivity index (χ1n) is 9.35. The highest BCUT2D eigenvalue weighted by Crippen LogP contribution is 2.19. The second kappa shape index (κ2) is 9.10. The number of nitrogens with zero attached hydrogens (tertiary/aromatic N) is 1. The van der Waals surface area contributed by atoms with Crippen molar-refractivity contribution in [3.8, 4) is 0 Å². The summed E-state index contributed by atoms with van der Waals surface area (Å²) in [5, 5.41) is 12.4. The SMILES string of the molecule is O=C(N[C@H]1C=C[C@H](CC(=O)N2CCCCC2)O[C@H]1CO)c1cccc(F)c1. The number of halogens is 1. The number of benzene rings is 1. The molecule has 2 aliphatic heterocycles. The maximum absolute atomic E-state index is 13.3. The first kappa shape index (κ1) is 19.5. The fourth-order valence-electron chi connectivity index (χ4n) is 3.44. The fourth-order valence-corrected chi connectivity index (χ4v) is 3.44. The second-order valence-electron chi connectivity index (χ2n) is 6.94. The maximum atomic E-state index is 13.3. The summed E-state index contributed by atoms with van der Waals surface area (Å²) in [6.45, 7) is 1.27. The Morgan fingerprint density at radius 1 is 1.22 bits per heavy atom. The van der Waals surface area contributed by atoms with Gasteiger partial charge in [-0.2, -0.15) is 0 Å². The Bertz CT molecular complexity index is 703. The molecule has 3 atom stereocenters. The molecule has 1 aromatic rings. The smallest absolute Gasteiger partial charge is 0.251 e. The van der Waals surface area contributed by atoms with E-state index in [1.54, 1.807) is 12.2 Å². The third-order valence-corrected chi connectivity index (χ3v) is 4.93. The van der Waals surface area contributed by atoms with E-state index in [1.165, 1.54) is 18.2 Å². The van der Waals surface area contributed by atoms with Gasteiger partial charge in [-0.15, -0.1) is 0 Å². The van der Waals surface area contributed by atoms with Crippen molar-refractivity contribution < 1.29 is 23.8 Å². The zero-order valence-corrected chi connectivity index (χ0v) is 15.1. The van der Waals surface area contributed by atoms with Crippen molar-refractivity contribution in [1.29, 1.82) is 0 Å².